The van der Waals surface area contributed by atoms with Crippen LogP contribution in [0.1, 0.15) is 39.8 Å². The van der Waals surface area contributed by atoms with Gasteiger partial charge in [-0.05, 0) is 73.5 Å². The number of hydrogen-bond donors (Lipinski definition) is 3. The van der Waals surface area contributed by atoms with Crippen LogP contribution in [0.15, 0.2) is 112 Å². The van der Waals surface area contributed by atoms with Crippen molar-refractivity contribution in [2.24, 2.45) is 0 Å². The van der Waals surface area contributed by atoms with Gasteiger partial charge in [0.05, 0.1) is 27.2 Å². The second-order valence-corrected chi connectivity index (χ2v) is 18.7. The first-order valence-electron chi connectivity index (χ1n) is 17.6. The molecule has 0 saturated heterocycles. The summed E-state index contributed by atoms with van der Waals surface area (Å²) in [6.45, 7) is 6.34. The van der Waals surface area contributed by atoms with Crippen molar-refractivity contribution >= 4 is 122 Å². The Balaban J connectivity index is 0.000000261. The number of anilines is 3. The Morgan fingerprint density at radius 3 is 1.65 bits per heavy atom. The molecule has 0 aliphatic carbocycles. The molecule has 0 bridgehead atoms. The molecule has 0 radical (unpaired) electrons. The molecular formula is C42H42Cl4N8O6S3. The molecule has 0 atom stereocenters. The number of carbonyl (C=O) groups is 1. The predicted molar refractivity (Wildman–Crippen MR) is 261 cm³/mol. The van der Waals surface area contributed by atoms with E-state index in [2.05, 4.69) is 25.3 Å². The van der Waals surface area contributed by atoms with E-state index in [0.29, 0.717) is 52.6 Å². The predicted octanol–water partition coefficient (Wildman–Crippen LogP) is 11.1. The lowest BCUT2D eigenvalue weighted by Gasteiger charge is -2.10. The summed E-state index contributed by atoms with van der Waals surface area (Å²) in [6.07, 6.45) is 2.78. The van der Waals surface area contributed by atoms with Gasteiger partial charge in [0.1, 0.15) is 22.1 Å². The summed E-state index contributed by atoms with van der Waals surface area (Å²) in [6, 6.07) is 25.2. The summed E-state index contributed by atoms with van der Waals surface area (Å²) in [7, 11) is -3.48. The third-order valence-electron chi connectivity index (χ3n) is 8.05. The summed E-state index contributed by atoms with van der Waals surface area (Å²) in [5.74, 6) is -0.912. The van der Waals surface area contributed by atoms with Crippen LogP contribution in [0.3, 0.4) is 0 Å². The second kappa shape index (κ2) is 22.8. The van der Waals surface area contributed by atoms with Crippen LogP contribution in [0.5, 0.6) is 0 Å². The number of benzene rings is 4. The van der Waals surface area contributed by atoms with Gasteiger partial charge in [-0.1, -0.05) is 127 Å². The van der Waals surface area contributed by atoms with Crippen molar-refractivity contribution in [3.63, 3.8) is 0 Å². The molecule has 0 fully saturated rings. The lowest BCUT2D eigenvalue weighted by atomic mass is 10.2. The molecule has 332 valence electrons. The first-order valence-corrected chi connectivity index (χ1v) is 22.4. The van der Waals surface area contributed by atoms with Gasteiger partial charge in [-0.15, -0.1) is 0 Å². The normalized spacial score (nSPS) is 10.5. The Morgan fingerprint density at radius 2 is 1.21 bits per heavy atom. The number of nitrogens with two attached hydrogens (primary N) is 1. The molecule has 4 aromatic carbocycles. The van der Waals surface area contributed by atoms with E-state index >= 15 is 0 Å². The number of carboxylic acids is 1. The van der Waals surface area contributed by atoms with Crippen molar-refractivity contribution in [2.75, 3.05) is 16.8 Å². The molecule has 8 rings (SSSR count). The number of nitrogens with zero attached hydrogens (tertiary/aromatic N) is 6. The van der Waals surface area contributed by atoms with Gasteiger partial charge in [-0.3, -0.25) is 23.5 Å². The number of aryl methyl sites for hydroxylation is 2. The van der Waals surface area contributed by atoms with E-state index in [1.54, 1.807) is 48.5 Å². The zero-order valence-electron chi connectivity index (χ0n) is 32.4. The summed E-state index contributed by atoms with van der Waals surface area (Å²) < 4.78 is 27.2. The highest BCUT2D eigenvalue weighted by molar-refractivity contribution is 7.93. The van der Waals surface area contributed by atoms with E-state index in [1.165, 1.54) is 40.0 Å². The standard InChI is InChI=1S/C18H12Cl2N4OS.C14H12ClN3O3S2.C6H6ClN.C2H4O2.2CH4/c1-10-4-2-7-13(20)14(10)24-9-21-16-15(17(24)25)26-18(23-16)22-12-6-3-5-11(19)8-12;1-3-23(20,21)14-17-12-11(22-14)13(19)18(7-16-12)10-8(2)5-4-6-9(10)15;7-5-2-1-3-6(8)4-5;1-2(3)4;;/h2-9H,1H3,(H,22,23);4-7H,3H2,1-2H3;1-4H,8H2;1H3,(H,3,4);2*1H4. The van der Waals surface area contributed by atoms with Crippen molar-refractivity contribution in [1.29, 1.82) is 0 Å². The highest BCUT2D eigenvalue weighted by Crippen LogP contribution is 2.29. The number of fused-ring (bicyclic) bond motifs is 2. The van der Waals surface area contributed by atoms with Gasteiger partial charge in [0.2, 0.25) is 14.2 Å². The number of thiazole rings is 2. The minimum atomic E-state index is -3.48. The van der Waals surface area contributed by atoms with Crippen LogP contribution in [-0.2, 0) is 14.6 Å². The number of rotatable bonds is 6. The SMILES string of the molecule is C.C.CC(=O)O.CCS(=O)(=O)c1nc2ncn(-c3c(C)cccc3Cl)c(=O)c2s1.Cc1cccc(Cl)c1-n1cnc2nc(Nc3cccc(Cl)c3)sc2c1=O.Nc1cccc(Cl)c1. The Morgan fingerprint density at radius 1 is 0.746 bits per heavy atom. The molecule has 63 heavy (non-hydrogen) atoms. The van der Waals surface area contributed by atoms with Crippen LogP contribution in [0.2, 0.25) is 20.1 Å². The van der Waals surface area contributed by atoms with E-state index in [-0.39, 0.29) is 46.4 Å². The van der Waals surface area contributed by atoms with E-state index in [1.807, 2.05) is 50.2 Å². The molecule has 0 aliphatic rings. The van der Waals surface area contributed by atoms with Crippen molar-refractivity contribution < 1.29 is 18.3 Å². The lowest BCUT2D eigenvalue weighted by molar-refractivity contribution is -0.134. The van der Waals surface area contributed by atoms with Gasteiger partial charge in [0, 0.05) is 28.3 Å². The van der Waals surface area contributed by atoms with E-state index < -0.39 is 15.8 Å². The molecule has 0 saturated carbocycles. The molecule has 4 N–H and O–H groups in total. The van der Waals surface area contributed by atoms with Gasteiger partial charge in [-0.25, -0.2) is 23.4 Å². The fraction of sp³-hybridized carbons (Fsp3) is 0.167. The van der Waals surface area contributed by atoms with Gasteiger partial charge >= 0.3 is 0 Å². The molecular weight excluding hydrogens is 951 g/mol. The number of carboxylic acid groups (broad SMARTS) is 1. The van der Waals surface area contributed by atoms with Crippen molar-refractivity contribution in [2.45, 2.75) is 46.9 Å². The first-order chi connectivity index (χ1) is 28.9. The molecule has 8 aromatic rings. The van der Waals surface area contributed by atoms with E-state index in [9.17, 15) is 18.0 Å². The molecule has 0 amide bonds. The maximum atomic E-state index is 12.9. The average Bonchev–Trinajstić information content (AvgIpc) is 3.83. The molecule has 4 aromatic heterocycles. The molecule has 4 heterocycles. The minimum absolute atomic E-state index is 0. The average molecular weight is 993 g/mol. The van der Waals surface area contributed by atoms with Gasteiger partial charge in [0.15, 0.2) is 16.4 Å². The monoisotopic (exact) mass is 990 g/mol. The Bertz CT molecular complexity index is 3060. The van der Waals surface area contributed by atoms with Crippen LogP contribution in [0.25, 0.3) is 32.1 Å². The fourth-order valence-electron chi connectivity index (χ4n) is 5.29. The number of aliphatic carboxylic acids is 1. The number of para-hydroxylation sites is 2. The number of halogens is 4. The number of sulfone groups is 1. The minimum Gasteiger partial charge on any atom is -0.481 e. The third kappa shape index (κ3) is 13.1. The number of aromatic nitrogens is 6. The Labute approximate surface area is 391 Å². The van der Waals surface area contributed by atoms with Crippen LogP contribution in [-0.4, -0.2) is 54.3 Å². The number of nitrogen functional groups attached to an aromatic ring is 1. The van der Waals surface area contributed by atoms with Crippen molar-refractivity contribution in [1.82, 2.24) is 29.1 Å². The van der Waals surface area contributed by atoms with E-state index in [4.69, 9.17) is 62.0 Å². The number of nitrogens with one attached hydrogen (secondary N) is 1. The Hall–Kier alpha value is -5.40. The molecule has 0 unspecified atom stereocenters. The highest BCUT2D eigenvalue weighted by Gasteiger charge is 2.21. The third-order valence-corrected chi connectivity index (χ3v) is 13.3. The summed E-state index contributed by atoms with van der Waals surface area (Å²) in [5, 5.41) is 13.4. The van der Waals surface area contributed by atoms with Crippen molar-refractivity contribution in [3.8, 4) is 11.4 Å². The highest BCUT2D eigenvalue weighted by atomic mass is 35.5. The van der Waals surface area contributed by atoms with Gasteiger partial charge in [-0.2, -0.15) is 4.98 Å². The van der Waals surface area contributed by atoms with E-state index in [0.717, 1.165) is 35.1 Å². The second-order valence-electron chi connectivity index (χ2n) is 12.6. The zero-order valence-corrected chi connectivity index (χ0v) is 37.9. The largest absolute Gasteiger partial charge is 0.481 e. The van der Waals surface area contributed by atoms with Gasteiger partial charge < -0.3 is 16.2 Å². The molecule has 0 aliphatic heterocycles. The van der Waals surface area contributed by atoms with Gasteiger partial charge in [0.25, 0.3) is 17.1 Å². The van der Waals surface area contributed by atoms with Crippen LogP contribution >= 0.6 is 69.1 Å². The first kappa shape index (κ1) is 51.9. The Kier molecular flexibility index (Phi) is 18.8. The number of hydrogen-bond acceptors (Lipinski definition) is 13. The zero-order chi connectivity index (χ0) is 44.6. The van der Waals surface area contributed by atoms with Crippen molar-refractivity contribution in [3.05, 3.63) is 150 Å². The maximum Gasteiger partial charge on any atom is 0.300 e. The molecule has 14 nitrogen and oxygen atoms in total. The summed E-state index contributed by atoms with van der Waals surface area (Å²) in [4.78, 5) is 51.4. The van der Waals surface area contributed by atoms with Crippen LogP contribution in [0, 0.1) is 13.8 Å². The lowest BCUT2D eigenvalue weighted by Crippen LogP contribution is -2.19. The summed E-state index contributed by atoms with van der Waals surface area (Å²) >= 11 is 26.1. The van der Waals surface area contributed by atoms with Crippen LogP contribution in [0.4, 0.5) is 16.5 Å². The molecule has 21 heteroatoms. The molecule has 0 spiro atoms. The summed E-state index contributed by atoms with van der Waals surface area (Å²) in [5.41, 5.74) is 9.67. The fourth-order valence-corrected chi connectivity index (χ4v) is 9.44. The quantitative estimate of drug-likeness (QED) is 0.133. The van der Waals surface area contributed by atoms with Crippen LogP contribution < -0.4 is 22.2 Å². The smallest absolute Gasteiger partial charge is 0.300 e. The topological polar surface area (TPSA) is 205 Å². The maximum absolute atomic E-state index is 12.9.